The van der Waals surface area contributed by atoms with E-state index in [0.717, 1.165) is 51.4 Å². The number of likely N-dealkylation sites (N-methyl/N-ethyl adjacent to an activating group) is 1. The highest BCUT2D eigenvalue weighted by Gasteiger charge is 2.27. The zero-order valence-electron chi connectivity index (χ0n) is 34.3. The van der Waals surface area contributed by atoms with Gasteiger partial charge in [0.25, 0.3) is 0 Å². The Labute approximate surface area is 319 Å². The molecule has 0 saturated carbocycles. The average molecular weight is 759 g/mol. The quantitative estimate of drug-likeness (QED) is 0.0218. The molecule has 0 spiro atoms. The number of unbranched alkanes of at least 4 members (excludes halogenated alkanes) is 20. The summed E-state index contributed by atoms with van der Waals surface area (Å²) in [6.07, 6.45) is 36.5. The summed E-state index contributed by atoms with van der Waals surface area (Å²) in [5, 5.41) is 0. The number of carbonyl (C=O) groups is 2. The smallest absolute Gasteiger partial charge is 0.462 e. The third-order valence-electron chi connectivity index (χ3n) is 8.98. The van der Waals surface area contributed by atoms with Crippen molar-refractivity contribution in [3.05, 3.63) is 24.3 Å². The second kappa shape index (κ2) is 35.2. The number of hydrogen-bond acceptors (Lipinski definition) is 7. The molecule has 0 aliphatic heterocycles. The van der Waals surface area contributed by atoms with E-state index >= 15 is 0 Å². The first-order valence-electron chi connectivity index (χ1n) is 21.1. The van der Waals surface area contributed by atoms with Gasteiger partial charge in [0.05, 0.1) is 27.7 Å². The summed E-state index contributed by atoms with van der Waals surface area (Å²) in [4.78, 5) is 35.2. The second-order valence-corrected chi connectivity index (χ2v) is 16.8. The summed E-state index contributed by atoms with van der Waals surface area (Å²) in [5.41, 5.74) is 0. The molecule has 10 heteroatoms. The number of ether oxygens (including phenoxy) is 2. The molecule has 0 radical (unpaired) electrons. The average Bonchev–Trinajstić information content (AvgIpc) is 3.09. The van der Waals surface area contributed by atoms with E-state index in [2.05, 4.69) is 38.2 Å². The largest absolute Gasteiger partial charge is 0.472 e. The Balaban J connectivity index is 4.35. The first-order chi connectivity index (χ1) is 25.0. The van der Waals surface area contributed by atoms with E-state index in [1.54, 1.807) is 0 Å². The van der Waals surface area contributed by atoms with Crippen molar-refractivity contribution in [2.75, 3.05) is 47.5 Å². The van der Waals surface area contributed by atoms with Crippen molar-refractivity contribution < 1.29 is 42.1 Å². The van der Waals surface area contributed by atoms with Gasteiger partial charge in [0.15, 0.2) is 6.10 Å². The number of phosphoric acid groups is 1. The Hall–Kier alpha value is -1.51. The third kappa shape index (κ3) is 38.2. The topological polar surface area (TPSA) is 108 Å². The van der Waals surface area contributed by atoms with E-state index in [1.807, 2.05) is 21.1 Å². The van der Waals surface area contributed by atoms with Crippen LogP contribution in [0.2, 0.25) is 0 Å². The van der Waals surface area contributed by atoms with Crippen molar-refractivity contribution in [1.29, 1.82) is 0 Å². The highest BCUT2D eigenvalue weighted by molar-refractivity contribution is 7.47. The van der Waals surface area contributed by atoms with Gasteiger partial charge >= 0.3 is 19.8 Å². The molecule has 0 amide bonds. The van der Waals surface area contributed by atoms with E-state index in [-0.39, 0.29) is 32.0 Å². The molecule has 0 aliphatic carbocycles. The van der Waals surface area contributed by atoms with E-state index in [4.69, 9.17) is 18.5 Å². The Bertz CT molecular complexity index is 949. The lowest BCUT2D eigenvalue weighted by Crippen LogP contribution is -2.37. The molecule has 52 heavy (non-hydrogen) atoms. The van der Waals surface area contributed by atoms with Gasteiger partial charge in [-0.25, -0.2) is 4.57 Å². The molecular weight excluding hydrogens is 677 g/mol. The van der Waals surface area contributed by atoms with Gasteiger partial charge in [0.2, 0.25) is 0 Å². The van der Waals surface area contributed by atoms with Crippen molar-refractivity contribution in [2.24, 2.45) is 0 Å². The highest BCUT2D eigenvalue weighted by Crippen LogP contribution is 2.43. The third-order valence-corrected chi connectivity index (χ3v) is 9.97. The molecule has 2 atom stereocenters. The Morgan fingerprint density at radius 3 is 1.56 bits per heavy atom. The van der Waals surface area contributed by atoms with Crippen LogP contribution in [-0.2, 0) is 32.7 Å². The monoisotopic (exact) mass is 759 g/mol. The normalized spacial score (nSPS) is 13.9. The summed E-state index contributed by atoms with van der Waals surface area (Å²) in [6.45, 7) is 4.38. The lowest BCUT2D eigenvalue weighted by atomic mass is 10.1. The summed E-state index contributed by atoms with van der Waals surface area (Å²) < 4.78 is 34.2. The molecular formula is C42H81NO8P+. The van der Waals surface area contributed by atoms with Gasteiger partial charge in [-0.3, -0.25) is 18.6 Å². The number of allylic oxidation sites excluding steroid dienone is 4. The van der Waals surface area contributed by atoms with Crippen molar-refractivity contribution in [1.82, 2.24) is 0 Å². The number of nitrogens with zero attached hydrogens (tertiary/aromatic N) is 1. The van der Waals surface area contributed by atoms with Crippen LogP contribution in [0.25, 0.3) is 0 Å². The summed E-state index contributed by atoms with van der Waals surface area (Å²) in [7, 11) is 1.47. The molecule has 0 aromatic rings. The van der Waals surface area contributed by atoms with Gasteiger partial charge in [-0.2, -0.15) is 0 Å². The fourth-order valence-corrected chi connectivity index (χ4v) is 6.37. The second-order valence-electron chi connectivity index (χ2n) is 15.4. The van der Waals surface area contributed by atoms with Crippen LogP contribution in [0.5, 0.6) is 0 Å². The van der Waals surface area contributed by atoms with Gasteiger partial charge in [-0.15, -0.1) is 0 Å². The minimum Gasteiger partial charge on any atom is -0.462 e. The van der Waals surface area contributed by atoms with Crippen LogP contribution in [0.4, 0.5) is 0 Å². The molecule has 0 aromatic heterocycles. The van der Waals surface area contributed by atoms with Gasteiger partial charge in [0.1, 0.15) is 19.8 Å². The van der Waals surface area contributed by atoms with E-state index in [9.17, 15) is 19.0 Å². The molecule has 0 saturated heterocycles. The number of phosphoric ester groups is 1. The van der Waals surface area contributed by atoms with Crippen molar-refractivity contribution in [3.8, 4) is 0 Å². The highest BCUT2D eigenvalue weighted by atomic mass is 31.2. The maximum absolute atomic E-state index is 12.6. The van der Waals surface area contributed by atoms with E-state index in [0.29, 0.717) is 17.4 Å². The van der Waals surface area contributed by atoms with Crippen molar-refractivity contribution in [2.45, 2.75) is 187 Å². The Morgan fingerprint density at radius 1 is 0.596 bits per heavy atom. The van der Waals surface area contributed by atoms with Crippen LogP contribution in [0.3, 0.4) is 0 Å². The van der Waals surface area contributed by atoms with Crippen molar-refractivity contribution >= 4 is 19.8 Å². The summed E-state index contributed by atoms with van der Waals surface area (Å²) in [5.74, 6) is -0.805. The van der Waals surface area contributed by atoms with Gasteiger partial charge in [-0.05, 0) is 44.9 Å². The predicted molar refractivity (Wildman–Crippen MR) is 215 cm³/mol. The van der Waals surface area contributed by atoms with Crippen LogP contribution < -0.4 is 0 Å². The minimum absolute atomic E-state index is 0.0320. The number of esters is 2. The maximum Gasteiger partial charge on any atom is 0.472 e. The zero-order valence-corrected chi connectivity index (χ0v) is 35.2. The van der Waals surface area contributed by atoms with Gasteiger partial charge in [-0.1, -0.05) is 147 Å². The van der Waals surface area contributed by atoms with Crippen LogP contribution in [0.15, 0.2) is 24.3 Å². The lowest BCUT2D eigenvalue weighted by Gasteiger charge is -2.24. The molecule has 0 bridgehead atoms. The van der Waals surface area contributed by atoms with Crippen LogP contribution in [0.1, 0.15) is 181 Å². The summed E-state index contributed by atoms with van der Waals surface area (Å²) >= 11 is 0. The van der Waals surface area contributed by atoms with Crippen LogP contribution in [-0.4, -0.2) is 74.9 Å². The van der Waals surface area contributed by atoms with Crippen LogP contribution >= 0.6 is 7.82 Å². The molecule has 306 valence electrons. The first-order valence-corrected chi connectivity index (χ1v) is 22.6. The number of rotatable bonds is 38. The fourth-order valence-electron chi connectivity index (χ4n) is 5.63. The maximum atomic E-state index is 12.6. The molecule has 0 fully saturated rings. The number of carbonyl (C=O) groups excluding carboxylic acids is 2. The van der Waals surface area contributed by atoms with Gasteiger partial charge in [0, 0.05) is 12.8 Å². The molecule has 0 aliphatic rings. The molecule has 1 N–H and O–H groups in total. The number of hydrogen-bond donors (Lipinski definition) is 1. The summed E-state index contributed by atoms with van der Waals surface area (Å²) in [6, 6.07) is 0. The fraction of sp³-hybridized carbons (Fsp3) is 0.857. The predicted octanol–water partition coefficient (Wildman–Crippen LogP) is 11.6. The van der Waals surface area contributed by atoms with Gasteiger partial charge < -0.3 is 18.9 Å². The Morgan fingerprint density at radius 2 is 1.04 bits per heavy atom. The standard InChI is InChI=1S/C42H80NO8P/c1-6-8-10-12-14-16-18-19-20-21-22-23-25-26-28-30-32-34-41(44)48-38-40(39-50-52(46,47)49-37-36-43(3,4)5)51-42(45)35-33-31-29-27-24-17-15-13-11-9-7-2/h14,16,19-20,40H,6-13,15,17-18,21-39H2,1-5H3/p+1/b16-14-,20-19-/t40-/m1/s1. The molecule has 0 aromatic carbocycles. The molecule has 0 heterocycles. The Kier molecular flexibility index (Phi) is 34.2. The van der Waals surface area contributed by atoms with E-state index < -0.39 is 26.5 Å². The molecule has 0 rings (SSSR count). The first kappa shape index (κ1) is 50.5. The van der Waals surface area contributed by atoms with Crippen LogP contribution in [0, 0.1) is 0 Å². The molecule has 9 nitrogen and oxygen atoms in total. The molecule has 1 unspecified atom stereocenters. The van der Waals surface area contributed by atoms with Crippen molar-refractivity contribution in [3.63, 3.8) is 0 Å². The number of quaternary nitrogens is 1. The SMILES string of the molecule is CCCCC/C=C\C/C=C\CCCCCCCCCC(=O)OC[C@H](COP(=O)(O)OCC[N+](C)(C)C)OC(=O)CCCCCCCCCCCCC. The lowest BCUT2D eigenvalue weighted by molar-refractivity contribution is -0.870. The minimum atomic E-state index is -4.37. The van der Waals surface area contributed by atoms with E-state index in [1.165, 1.54) is 96.3 Å². The zero-order chi connectivity index (χ0) is 38.6.